The second-order valence-corrected chi connectivity index (χ2v) is 8.28. The van der Waals surface area contributed by atoms with E-state index in [9.17, 15) is 4.79 Å². The van der Waals surface area contributed by atoms with E-state index in [-0.39, 0.29) is 12.3 Å². The van der Waals surface area contributed by atoms with Crippen molar-refractivity contribution in [3.05, 3.63) is 69.5 Å². The number of amides is 1. The molecule has 1 N–H and O–H groups in total. The van der Waals surface area contributed by atoms with Gasteiger partial charge in [0.25, 0.3) is 0 Å². The van der Waals surface area contributed by atoms with Gasteiger partial charge in [0.15, 0.2) is 5.58 Å². The van der Waals surface area contributed by atoms with E-state index in [0.717, 1.165) is 51.0 Å². The van der Waals surface area contributed by atoms with Crippen molar-refractivity contribution in [2.45, 2.75) is 33.2 Å². The topological polar surface area (TPSA) is 75.0 Å². The number of aromatic nitrogens is 3. The highest BCUT2D eigenvalue weighted by atomic mass is 35.5. The third-order valence-electron chi connectivity index (χ3n) is 5.88. The Labute approximate surface area is 178 Å². The highest BCUT2D eigenvalue weighted by Gasteiger charge is 2.26. The fraction of sp³-hybridized carbons (Fsp3) is 0.261. The quantitative estimate of drug-likeness (QED) is 0.525. The number of hydrogen-bond acceptors (Lipinski definition) is 4. The van der Waals surface area contributed by atoms with E-state index in [1.807, 2.05) is 48.2 Å². The molecule has 2 aromatic heterocycles. The second kappa shape index (κ2) is 7.29. The van der Waals surface area contributed by atoms with Crippen LogP contribution in [0.2, 0.25) is 5.02 Å². The number of halogens is 1. The lowest BCUT2D eigenvalue weighted by molar-refractivity contribution is -0.131. The Morgan fingerprint density at radius 1 is 1.20 bits per heavy atom. The van der Waals surface area contributed by atoms with Crippen LogP contribution >= 0.6 is 11.6 Å². The molecule has 152 valence electrons. The SMILES string of the molecule is Cc1cc2onc(CC(=O)N3CCc4[nH]nc(-c5ccc(Cl)cc5)c4C3)c2cc1C. The summed E-state index contributed by atoms with van der Waals surface area (Å²) in [4.78, 5) is 15.0. The number of nitrogens with one attached hydrogen (secondary N) is 1. The number of nitrogens with zero attached hydrogens (tertiary/aromatic N) is 3. The fourth-order valence-electron chi connectivity index (χ4n) is 3.98. The maximum atomic E-state index is 13.1. The first-order valence-electron chi connectivity index (χ1n) is 9.95. The molecule has 0 radical (unpaired) electrons. The Hall–Kier alpha value is -3.12. The zero-order valence-electron chi connectivity index (χ0n) is 16.8. The van der Waals surface area contributed by atoms with Gasteiger partial charge in [0.2, 0.25) is 5.91 Å². The van der Waals surface area contributed by atoms with Gasteiger partial charge in [-0.05, 0) is 49.2 Å². The van der Waals surface area contributed by atoms with Gasteiger partial charge >= 0.3 is 0 Å². The summed E-state index contributed by atoms with van der Waals surface area (Å²) in [5.41, 5.74) is 7.73. The normalized spacial score (nSPS) is 13.6. The number of aromatic amines is 1. The molecule has 7 heteroatoms. The van der Waals surface area contributed by atoms with Gasteiger partial charge in [-0.3, -0.25) is 9.89 Å². The van der Waals surface area contributed by atoms with Crippen LogP contribution in [0.5, 0.6) is 0 Å². The number of benzene rings is 2. The van der Waals surface area contributed by atoms with Gasteiger partial charge in [0.05, 0.1) is 12.1 Å². The third-order valence-corrected chi connectivity index (χ3v) is 6.14. The van der Waals surface area contributed by atoms with E-state index in [0.29, 0.717) is 23.8 Å². The van der Waals surface area contributed by atoms with Crippen molar-refractivity contribution in [3.8, 4) is 11.3 Å². The Bertz CT molecular complexity index is 1260. The molecule has 0 fully saturated rings. The minimum atomic E-state index is 0.0392. The smallest absolute Gasteiger partial charge is 0.229 e. The molecule has 0 unspecified atom stereocenters. The zero-order valence-corrected chi connectivity index (χ0v) is 17.6. The van der Waals surface area contributed by atoms with Crippen LogP contribution in [0.25, 0.3) is 22.2 Å². The summed E-state index contributed by atoms with van der Waals surface area (Å²) >= 11 is 6.01. The van der Waals surface area contributed by atoms with Crippen LogP contribution in [0.4, 0.5) is 0 Å². The van der Waals surface area contributed by atoms with Crippen molar-refractivity contribution in [3.63, 3.8) is 0 Å². The number of H-pyrrole nitrogens is 1. The molecule has 5 rings (SSSR count). The van der Waals surface area contributed by atoms with E-state index >= 15 is 0 Å². The maximum absolute atomic E-state index is 13.1. The number of carbonyl (C=O) groups is 1. The van der Waals surface area contributed by atoms with Crippen molar-refractivity contribution in [1.82, 2.24) is 20.3 Å². The maximum Gasteiger partial charge on any atom is 0.229 e. The highest BCUT2D eigenvalue weighted by molar-refractivity contribution is 6.30. The molecule has 3 heterocycles. The molecular weight excluding hydrogens is 400 g/mol. The summed E-state index contributed by atoms with van der Waals surface area (Å²) in [7, 11) is 0. The lowest BCUT2D eigenvalue weighted by Gasteiger charge is -2.27. The Morgan fingerprint density at radius 3 is 2.77 bits per heavy atom. The van der Waals surface area contributed by atoms with E-state index < -0.39 is 0 Å². The minimum absolute atomic E-state index is 0.0392. The van der Waals surface area contributed by atoms with Crippen LogP contribution in [0.3, 0.4) is 0 Å². The molecule has 1 amide bonds. The minimum Gasteiger partial charge on any atom is -0.356 e. The van der Waals surface area contributed by atoms with Crippen LogP contribution in [0, 0.1) is 13.8 Å². The number of carbonyl (C=O) groups excluding carboxylic acids is 1. The lowest BCUT2D eigenvalue weighted by Crippen LogP contribution is -2.37. The van der Waals surface area contributed by atoms with Crippen molar-refractivity contribution < 1.29 is 9.32 Å². The van der Waals surface area contributed by atoms with Crippen molar-refractivity contribution in [1.29, 1.82) is 0 Å². The molecule has 0 atom stereocenters. The molecule has 0 aliphatic carbocycles. The van der Waals surface area contributed by atoms with E-state index in [1.165, 1.54) is 0 Å². The summed E-state index contributed by atoms with van der Waals surface area (Å²) in [5.74, 6) is 0.0392. The van der Waals surface area contributed by atoms with Crippen LogP contribution < -0.4 is 0 Å². The predicted octanol–water partition coefficient (Wildman–Crippen LogP) is 4.62. The molecule has 4 aromatic rings. The Balaban J connectivity index is 1.39. The van der Waals surface area contributed by atoms with Gasteiger partial charge in [0, 0.05) is 46.7 Å². The Morgan fingerprint density at radius 2 is 1.97 bits per heavy atom. The van der Waals surface area contributed by atoms with Gasteiger partial charge in [-0.15, -0.1) is 0 Å². The standard InChI is InChI=1S/C23H21ClN4O2/c1-13-9-17-20(27-30-21(17)10-14(13)2)11-22(29)28-8-7-19-18(12-28)23(26-25-19)15-3-5-16(24)6-4-15/h3-6,9-10H,7-8,11-12H2,1-2H3,(H,25,26). The second-order valence-electron chi connectivity index (χ2n) is 7.84. The average Bonchev–Trinajstić information content (AvgIpc) is 3.33. The molecule has 2 aromatic carbocycles. The molecule has 6 nitrogen and oxygen atoms in total. The summed E-state index contributed by atoms with van der Waals surface area (Å²) in [6.07, 6.45) is 0.971. The number of aryl methyl sites for hydroxylation is 2. The molecule has 1 aliphatic rings. The van der Waals surface area contributed by atoms with Crippen molar-refractivity contribution in [2.24, 2.45) is 0 Å². The summed E-state index contributed by atoms with van der Waals surface area (Å²) < 4.78 is 5.46. The summed E-state index contributed by atoms with van der Waals surface area (Å²) in [5, 5.41) is 13.4. The van der Waals surface area contributed by atoms with Gasteiger partial charge in [-0.1, -0.05) is 28.9 Å². The Kier molecular flexibility index (Phi) is 4.59. The van der Waals surface area contributed by atoms with Crippen LogP contribution in [0.15, 0.2) is 40.9 Å². The lowest BCUT2D eigenvalue weighted by atomic mass is 10.0. The van der Waals surface area contributed by atoms with Gasteiger partial charge < -0.3 is 9.42 Å². The first-order valence-corrected chi connectivity index (χ1v) is 10.3. The van der Waals surface area contributed by atoms with Crippen molar-refractivity contribution >= 4 is 28.5 Å². The summed E-state index contributed by atoms with van der Waals surface area (Å²) in [6, 6.07) is 11.6. The molecule has 1 aliphatic heterocycles. The first kappa shape index (κ1) is 18.9. The summed E-state index contributed by atoms with van der Waals surface area (Å²) in [6.45, 7) is 5.27. The van der Waals surface area contributed by atoms with E-state index in [2.05, 4.69) is 22.3 Å². The highest BCUT2D eigenvalue weighted by Crippen LogP contribution is 2.30. The molecule has 0 spiro atoms. The van der Waals surface area contributed by atoms with Crippen LogP contribution in [0.1, 0.15) is 28.1 Å². The molecule has 0 saturated carbocycles. The van der Waals surface area contributed by atoms with Gasteiger partial charge in [0.1, 0.15) is 5.69 Å². The average molecular weight is 421 g/mol. The largest absolute Gasteiger partial charge is 0.356 e. The molecule has 0 bridgehead atoms. The molecule has 30 heavy (non-hydrogen) atoms. The van der Waals surface area contributed by atoms with Gasteiger partial charge in [-0.2, -0.15) is 5.10 Å². The van der Waals surface area contributed by atoms with Crippen molar-refractivity contribution in [2.75, 3.05) is 6.54 Å². The fourth-order valence-corrected chi connectivity index (χ4v) is 4.11. The third kappa shape index (κ3) is 3.27. The molecular formula is C23H21ClN4O2. The molecule has 0 saturated heterocycles. The zero-order chi connectivity index (χ0) is 20.8. The number of fused-ring (bicyclic) bond motifs is 2. The van der Waals surface area contributed by atoms with E-state index in [4.69, 9.17) is 16.1 Å². The van der Waals surface area contributed by atoms with Crippen LogP contribution in [-0.4, -0.2) is 32.7 Å². The predicted molar refractivity (Wildman–Crippen MR) is 115 cm³/mol. The first-order chi connectivity index (χ1) is 14.5. The van der Waals surface area contributed by atoms with E-state index in [1.54, 1.807) is 0 Å². The number of hydrogen-bond donors (Lipinski definition) is 1. The number of rotatable bonds is 3. The van der Waals surface area contributed by atoms with Gasteiger partial charge in [-0.25, -0.2) is 0 Å². The monoisotopic (exact) mass is 420 g/mol. The van der Waals surface area contributed by atoms with Crippen LogP contribution in [-0.2, 0) is 24.2 Å².